The van der Waals surface area contributed by atoms with Crippen molar-refractivity contribution in [2.75, 3.05) is 20.2 Å². The Morgan fingerprint density at radius 3 is 2.80 bits per heavy atom. The number of carboxylic acids is 1. The number of methoxy groups -OCH3 is 1. The Hall–Kier alpha value is -2.11. The molecule has 0 spiro atoms. The molecule has 1 N–H and O–H groups in total. The molecule has 6 heteroatoms. The Labute approximate surface area is 116 Å². The Morgan fingerprint density at radius 2 is 2.25 bits per heavy atom. The van der Waals surface area contributed by atoms with Gasteiger partial charge in [-0.3, -0.25) is 9.59 Å². The van der Waals surface area contributed by atoms with Gasteiger partial charge in [0.25, 0.3) is 0 Å². The maximum atomic E-state index is 13.5. The Morgan fingerprint density at radius 1 is 1.50 bits per heavy atom. The lowest BCUT2D eigenvalue weighted by atomic mass is 10.1. The topological polar surface area (TPSA) is 66.8 Å². The second kappa shape index (κ2) is 5.90. The van der Waals surface area contributed by atoms with E-state index in [1.54, 1.807) is 6.07 Å². The summed E-state index contributed by atoms with van der Waals surface area (Å²) in [5.41, 5.74) is 0.548. The van der Waals surface area contributed by atoms with Crippen molar-refractivity contribution in [1.82, 2.24) is 4.90 Å². The number of aliphatic carboxylic acids is 1. The molecule has 0 saturated carbocycles. The van der Waals surface area contributed by atoms with Gasteiger partial charge in [0, 0.05) is 13.1 Å². The van der Waals surface area contributed by atoms with Crippen LogP contribution in [-0.4, -0.2) is 42.1 Å². The van der Waals surface area contributed by atoms with Crippen LogP contribution in [0.4, 0.5) is 4.39 Å². The van der Waals surface area contributed by atoms with Gasteiger partial charge in [-0.1, -0.05) is 6.07 Å². The lowest BCUT2D eigenvalue weighted by molar-refractivity contribution is -0.141. The first-order chi connectivity index (χ1) is 9.51. The third-order valence-electron chi connectivity index (χ3n) is 3.46. The highest BCUT2D eigenvalue weighted by Crippen LogP contribution is 2.20. The number of amides is 1. The summed E-state index contributed by atoms with van der Waals surface area (Å²) < 4.78 is 18.3. The van der Waals surface area contributed by atoms with E-state index in [0.29, 0.717) is 18.5 Å². The van der Waals surface area contributed by atoms with E-state index in [1.165, 1.54) is 24.1 Å². The Kier molecular flexibility index (Phi) is 4.22. The number of hydrogen-bond acceptors (Lipinski definition) is 3. The highest BCUT2D eigenvalue weighted by molar-refractivity contribution is 5.80. The Balaban J connectivity index is 1.98. The number of carboxylic acid groups (broad SMARTS) is 1. The maximum Gasteiger partial charge on any atom is 0.308 e. The molecule has 1 aromatic rings. The summed E-state index contributed by atoms with van der Waals surface area (Å²) in [6, 6.07) is 4.37. The summed E-state index contributed by atoms with van der Waals surface area (Å²) in [5, 5.41) is 8.90. The molecular formula is C14H16FNO4. The third-order valence-corrected chi connectivity index (χ3v) is 3.46. The number of ether oxygens (including phenoxy) is 1. The van der Waals surface area contributed by atoms with Gasteiger partial charge in [-0.25, -0.2) is 4.39 Å². The van der Waals surface area contributed by atoms with Crippen LogP contribution in [0.2, 0.25) is 0 Å². The normalized spacial score (nSPS) is 18.1. The molecule has 2 rings (SSSR count). The number of halogens is 1. The number of hydrogen-bond donors (Lipinski definition) is 1. The van der Waals surface area contributed by atoms with Crippen LogP contribution in [0, 0.1) is 11.7 Å². The second-order valence-corrected chi connectivity index (χ2v) is 4.81. The van der Waals surface area contributed by atoms with E-state index in [1.807, 2.05) is 0 Å². The number of carbonyl (C=O) groups is 2. The molecule has 0 unspecified atom stereocenters. The van der Waals surface area contributed by atoms with Crippen molar-refractivity contribution in [3.05, 3.63) is 29.6 Å². The van der Waals surface area contributed by atoms with E-state index in [2.05, 4.69) is 0 Å². The largest absolute Gasteiger partial charge is 0.494 e. The first kappa shape index (κ1) is 14.3. The lowest BCUT2D eigenvalue weighted by Gasteiger charge is -2.16. The van der Waals surface area contributed by atoms with E-state index >= 15 is 0 Å². The highest BCUT2D eigenvalue weighted by atomic mass is 19.1. The number of likely N-dealkylation sites (tertiary alicyclic amines) is 1. The second-order valence-electron chi connectivity index (χ2n) is 4.81. The predicted octanol–water partition coefficient (Wildman–Crippen LogP) is 1.31. The van der Waals surface area contributed by atoms with Crippen molar-refractivity contribution in [2.24, 2.45) is 5.92 Å². The highest BCUT2D eigenvalue weighted by Gasteiger charge is 2.30. The van der Waals surface area contributed by atoms with E-state index < -0.39 is 17.7 Å². The number of benzene rings is 1. The summed E-state index contributed by atoms with van der Waals surface area (Å²) >= 11 is 0. The van der Waals surface area contributed by atoms with Crippen molar-refractivity contribution >= 4 is 11.9 Å². The van der Waals surface area contributed by atoms with Gasteiger partial charge in [0.2, 0.25) is 5.91 Å². The summed E-state index contributed by atoms with van der Waals surface area (Å²) in [7, 11) is 1.37. The fraction of sp³-hybridized carbons (Fsp3) is 0.429. The van der Waals surface area contributed by atoms with Gasteiger partial charge >= 0.3 is 5.97 Å². The zero-order chi connectivity index (χ0) is 14.7. The van der Waals surface area contributed by atoms with Crippen LogP contribution in [0.3, 0.4) is 0 Å². The molecule has 0 aromatic heterocycles. The molecule has 0 aliphatic carbocycles. The summed E-state index contributed by atoms with van der Waals surface area (Å²) in [6.07, 6.45) is 0.533. The molecule has 0 bridgehead atoms. The molecule has 1 heterocycles. The fourth-order valence-corrected chi connectivity index (χ4v) is 2.29. The summed E-state index contributed by atoms with van der Waals surface area (Å²) in [6.45, 7) is 0.668. The van der Waals surface area contributed by atoms with Crippen LogP contribution in [0.25, 0.3) is 0 Å². The average molecular weight is 281 g/mol. The first-order valence-corrected chi connectivity index (χ1v) is 6.34. The first-order valence-electron chi connectivity index (χ1n) is 6.34. The number of carbonyl (C=O) groups excluding carboxylic acids is 1. The Bertz CT molecular complexity index is 532. The summed E-state index contributed by atoms with van der Waals surface area (Å²) in [5.74, 6) is -1.93. The maximum absolute atomic E-state index is 13.5. The van der Waals surface area contributed by atoms with Crippen molar-refractivity contribution < 1.29 is 23.8 Å². The molecular weight excluding hydrogens is 265 g/mol. The smallest absolute Gasteiger partial charge is 0.308 e. The molecule has 5 nitrogen and oxygen atoms in total. The molecule has 1 atom stereocenters. The van der Waals surface area contributed by atoms with E-state index in [4.69, 9.17) is 9.84 Å². The van der Waals surface area contributed by atoms with Gasteiger partial charge in [-0.15, -0.1) is 0 Å². The molecule has 0 radical (unpaired) electrons. The van der Waals surface area contributed by atoms with Gasteiger partial charge in [0.05, 0.1) is 19.4 Å². The molecule has 1 aliphatic rings. The predicted molar refractivity (Wildman–Crippen MR) is 69.0 cm³/mol. The van der Waals surface area contributed by atoms with Crippen molar-refractivity contribution in [1.29, 1.82) is 0 Å². The van der Waals surface area contributed by atoms with Crippen LogP contribution >= 0.6 is 0 Å². The van der Waals surface area contributed by atoms with Crippen molar-refractivity contribution in [3.8, 4) is 5.75 Å². The average Bonchev–Trinajstić information content (AvgIpc) is 2.88. The number of rotatable bonds is 4. The fourth-order valence-electron chi connectivity index (χ4n) is 2.29. The third kappa shape index (κ3) is 3.07. The molecule has 108 valence electrons. The van der Waals surface area contributed by atoms with Crippen LogP contribution in [0.5, 0.6) is 5.75 Å². The van der Waals surface area contributed by atoms with E-state index in [0.717, 1.165) is 0 Å². The lowest BCUT2D eigenvalue weighted by Crippen LogP contribution is -2.31. The zero-order valence-electron chi connectivity index (χ0n) is 11.1. The molecule has 1 amide bonds. The monoisotopic (exact) mass is 281 g/mol. The molecule has 1 aromatic carbocycles. The van der Waals surface area contributed by atoms with Gasteiger partial charge in [-0.2, -0.15) is 0 Å². The van der Waals surface area contributed by atoms with Crippen molar-refractivity contribution in [3.63, 3.8) is 0 Å². The SMILES string of the molecule is COc1ccc(CC(=O)N2CC[C@H](C(=O)O)C2)cc1F. The van der Waals surface area contributed by atoms with Gasteiger partial charge < -0.3 is 14.7 Å². The summed E-state index contributed by atoms with van der Waals surface area (Å²) in [4.78, 5) is 24.4. The van der Waals surface area contributed by atoms with Gasteiger partial charge in [0.15, 0.2) is 11.6 Å². The van der Waals surface area contributed by atoms with Gasteiger partial charge in [-0.05, 0) is 24.1 Å². The van der Waals surface area contributed by atoms with Crippen LogP contribution in [0.15, 0.2) is 18.2 Å². The minimum atomic E-state index is -0.879. The van der Waals surface area contributed by atoms with Crippen molar-refractivity contribution in [2.45, 2.75) is 12.8 Å². The zero-order valence-corrected chi connectivity index (χ0v) is 11.1. The molecule has 1 aliphatic heterocycles. The molecule has 20 heavy (non-hydrogen) atoms. The molecule has 1 fully saturated rings. The minimum absolute atomic E-state index is 0.0628. The van der Waals surface area contributed by atoms with Crippen LogP contribution in [0.1, 0.15) is 12.0 Å². The van der Waals surface area contributed by atoms with E-state index in [9.17, 15) is 14.0 Å². The standard InChI is InChI=1S/C14H16FNO4/c1-20-12-3-2-9(6-11(12)15)7-13(17)16-5-4-10(8-16)14(18)19/h2-3,6,10H,4-5,7-8H2,1H3,(H,18,19)/t10-/m0/s1. The number of nitrogens with zero attached hydrogens (tertiary/aromatic N) is 1. The van der Waals surface area contributed by atoms with E-state index in [-0.39, 0.29) is 24.6 Å². The van der Waals surface area contributed by atoms with Crippen LogP contribution in [-0.2, 0) is 16.0 Å². The molecule has 1 saturated heterocycles. The minimum Gasteiger partial charge on any atom is -0.494 e. The van der Waals surface area contributed by atoms with Crippen LogP contribution < -0.4 is 4.74 Å². The quantitative estimate of drug-likeness (QED) is 0.903. The van der Waals surface area contributed by atoms with Gasteiger partial charge in [0.1, 0.15) is 0 Å².